The molecule has 7 heteroatoms. The first-order valence-corrected chi connectivity index (χ1v) is 7.04. The van der Waals surface area contributed by atoms with E-state index in [4.69, 9.17) is 11.6 Å². The lowest BCUT2D eigenvalue weighted by Crippen LogP contribution is -2.05. The van der Waals surface area contributed by atoms with Gasteiger partial charge in [0.15, 0.2) is 0 Å². The van der Waals surface area contributed by atoms with Crippen molar-refractivity contribution in [2.75, 3.05) is 6.54 Å². The van der Waals surface area contributed by atoms with Crippen LogP contribution in [0.4, 0.5) is 8.78 Å². The summed E-state index contributed by atoms with van der Waals surface area (Å²) >= 11 is 5.82. The van der Waals surface area contributed by atoms with Gasteiger partial charge in [0.25, 0.3) is 0 Å². The van der Waals surface area contributed by atoms with Gasteiger partial charge in [-0.2, -0.15) is 8.78 Å². The summed E-state index contributed by atoms with van der Waals surface area (Å²) in [7, 11) is 0. The van der Waals surface area contributed by atoms with E-state index in [1.807, 2.05) is 0 Å². The Hall–Kier alpha value is -2.18. The van der Waals surface area contributed by atoms with Crippen molar-refractivity contribution in [2.24, 2.45) is 4.99 Å². The summed E-state index contributed by atoms with van der Waals surface area (Å²) in [6, 6.07) is 10.3. The maximum Gasteiger partial charge on any atom is 0.387 e. The van der Waals surface area contributed by atoms with E-state index in [9.17, 15) is 19.0 Å². The summed E-state index contributed by atoms with van der Waals surface area (Å²) in [5.74, 6) is -0.0204. The number of hydrogen-bond acceptors (Lipinski definition) is 4. The van der Waals surface area contributed by atoms with Gasteiger partial charge in [-0.1, -0.05) is 23.7 Å². The lowest BCUT2D eigenvalue weighted by molar-refractivity contribution is -0.0499. The minimum atomic E-state index is -2.92. The second-order valence-corrected chi connectivity index (χ2v) is 5.10. The Morgan fingerprint density at radius 2 is 2.00 bits per heavy atom. The predicted octanol–water partition coefficient (Wildman–Crippen LogP) is 3.80. The van der Waals surface area contributed by atoms with Crippen molar-refractivity contribution in [1.29, 1.82) is 0 Å². The fourth-order valence-corrected chi connectivity index (χ4v) is 2.06. The van der Waals surface area contributed by atoms with Gasteiger partial charge < -0.3 is 14.9 Å². The maximum absolute atomic E-state index is 12.2. The van der Waals surface area contributed by atoms with Crippen molar-refractivity contribution in [3.8, 4) is 11.5 Å². The van der Waals surface area contributed by atoms with Gasteiger partial charge >= 0.3 is 6.61 Å². The number of nitrogens with zero attached hydrogens (tertiary/aromatic N) is 1. The molecule has 0 aromatic heterocycles. The van der Waals surface area contributed by atoms with Gasteiger partial charge in [-0.15, -0.1) is 0 Å². The molecule has 4 nitrogen and oxygen atoms in total. The average molecular weight is 342 g/mol. The Morgan fingerprint density at radius 1 is 1.22 bits per heavy atom. The number of halogens is 3. The van der Waals surface area contributed by atoms with Crippen LogP contribution in [-0.4, -0.2) is 29.6 Å². The summed E-state index contributed by atoms with van der Waals surface area (Å²) in [5, 5.41) is 20.1. The first kappa shape index (κ1) is 17.2. The number of phenols is 1. The van der Waals surface area contributed by atoms with Gasteiger partial charge in [-0.25, -0.2) is 0 Å². The Balaban J connectivity index is 2.03. The number of ether oxygens (including phenoxy) is 1. The summed E-state index contributed by atoms with van der Waals surface area (Å²) in [6.45, 7) is -2.93. The van der Waals surface area contributed by atoms with E-state index in [0.717, 1.165) is 0 Å². The molecule has 0 saturated carbocycles. The minimum Gasteiger partial charge on any atom is -0.507 e. The molecule has 1 unspecified atom stereocenters. The van der Waals surface area contributed by atoms with Gasteiger partial charge in [0, 0.05) is 16.8 Å². The molecule has 0 heterocycles. The van der Waals surface area contributed by atoms with E-state index in [2.05, 4.69) is 9.73 Å². The van der Waals surface area contributed by atoms with Crippen LogP contribution < -0.4 is 4.74 Å². The molecule has 122 valence electrons. The van der Waals surface area contributed by atoms with Gasteiger partial charge in [-0.05, 0) is 35.9 Å². The standard InChI is InChI=1S/C16H14ClF2NO3/c17-12-4-5-14(21)11(6-12)8-20-9-15(22)10-2-1-3-13(7-10)23-16(18)19/h1-8,15-16,21-22H,9H2. The van der Waals surface area contributed by atoms with Crippen molar-refractivity contribution in [2.45, 2.75) is 12.7 Å². The van der Waals surface area contributed by atoms with Gasteiger partial charge in [-0.3, -0.25) is 4.99 Å². The van der Waals surface area contributed by atoms with Gasteiger partial charge in [0.05, 0.1) is 12.6 Å². The van der Waals surface area contributed by atoms with Crippen LogP contribution in [-0.2, 0) is 0 Å². The van der Waals surface area contributed by atoms with Gasteiger partial charge in [0.1, 0.15) is 11.5 Å². The minimum absolute atomic E-state index is 0.00984. The van der Waals surface area contributed by atoms with E-state index in [0.29, 0.717) is 16.1 Å². The number of phenolic OH excluding ortho intramolecular Hbond substituents is 1. The monoisotopic (exact) mass is 341 g/mol. The zero-order valence-electron chi connectivity index (χ0n) is 11.9. The quantitative estimate of drug-likeness (QED) is 0.786. The van der Waals surface area contributed by atoms with Crippen molar-refractivity contribution < 1.29 is 23.7 Å². The molecule has 23 heavy (non-hydrogen) atoms. The second kappa shape index (κ2) is 7.89. The third-order valence-corrected chi connectivity index (χ3v) is 3.20. The van der Waals surface area contributed by atoms with Crippen LogP contribution in [0.25, 0.3) is 0 Å². The SMILES string of the molecule is Oc1ccc(Cl)cc1C=NCC(O)c1cccc(OC(F)F)c1. The number of aromatic hydroxyl groups is 1. The Morgan fingerprint density at radius 3 is 2.74 bits per heavy atom. The molecule has 2 N–H and O–H groups in total. The number of rotatable bonds is 6. The van der Waals surface area contributed by atoms with Crippen LogP contribution in [0.15, 0.2) is 47.5 Å². The molecule has 1 atom stereocenters. The third kappa shape index (κ3) is 5.19. The topological polar surface area (TPSA) is 62.1 Å². The van der Waals surface area contributed by atoms with E-state index in [1.165, 1.54) is 42.6 Å². The molecule has 2 aromatic carbocycles. The highest BCUT2D eigenvalue weighted by Crippen LogP contribution is 2.22. The first-order valence-electron chi connectivity index (χ1n) is 6.67. The molecular formula is C16H14ClF2NO3. The number of aliphatic hydroxyl groups excluding tert-OH is 1. The Kier molecular flexibility index (Phi) is 5.90. The summed E-state index contributed by atoms with van der Waals surface area (Å²) < 4.78 is 28.6. The number of benzene rings is 2. The van der Waals surface area contributed by atoms with Crippen LogP contribution in [0.5, 0.6) is 11.5 Å². The Labute approximate surface area is 136 Å². The van der Waals surface area contributed by atoms with Crippen LogP contribution in [0.2, 0.25) is 5.02 Å². The summed E-state index contributed by atoms with van der Waals surface area (Å²) in [4.78, 5) is 4.03. The zero-order chi connectivity index (χ0) is 16.8. The number of hydrogen-bond donors (Lipinski definition) is 2. The molecule has 0 saturated heterocycles. The molecule has 0 amide bonds. The van der Waals surface area contributed by atoms with Crippen molar-refractivity contribution >= 4 is 17.8 Å². The summed E-state index contributed by atoms with van der Waals surface area (Å²) in [5.41, 5.74) is 0.815. The second-order valence-electron chi connectivity index (χ2n) is 4.66. The van der Waals surface area contributed by atoms with Crippen LogP contribution in [0.1, 0.15) is 17.2 Å². The molecule has 0 fully saturated rings. The average Bonchev–Trinajstić information content (AvgIpc) is 2.50. The highest BCUT2D eigenvalue weighted by atomic mass is 35.5. The molecule has 0 aliphatic rings. The largest absolute Gasteiger partial charge is 0.507 e. The lowest BCUT2D eigenvalue weighted by atomic mass is 10.1. The fourth-order valence-electron chi connectivity index (χ4n) is 1.88. The van der Waals surface area contributed by atoms with E-state index in [1.54, 1.807) is 6.07 Å². The van der Waals surface area contributed by atoms with E-state index < -0.39 is 12.7 Å². The van der Waals surface area contributed by atoms with Crippen molar-refractivity contribution in [3.63, 3.8) is 0 Å². The maximum atomic E-state index is 12.2. The smallest absolute Gasteiger partial charge is 0.387 e. The van der Waals surface area contributed by atoms with Crippen LogP contribution >= 0.6 is 11.6 Å². The van der Waals surface area contributed by atoms with Crippen molar-refractivity contribution in [1.82, 2.24) is 0 Å². The highest BCUT2D eigenvalue weighted by Gasteiger charge is 2.10. The van der Waals surface area contributed by atoms with Crippen LogP contribution in [0.3, 0.4) is 0 Å². The molecular weight excluding hydrogens is 328 g/mol. The molecule has 2 rings (SSSR count). The van der Waals surface area contributed by atoms with Gasteiger partial charge in [0.2, 0.25) is 0 Å². The molecule has 2 aromatic rings. The normalized spacial score (nSPS) is 12.7. The lowest BCUT2D eigenvalue weighted by Gasteiger charge is -2.10. The first-order chi connectivity index (χ1) is 11.0. The van der Waals surface area contributed by atoms with Crippen LogP contribution in [0, 0.1) is 0 Å². The molecule has 0 spiro atoms. The fraction of sp³-hybridized carbons (Fsp3) is 0.188. The predicted molar refractivity (Wildman–Crippen MR) is 83.6 cm³/mol. The zero-order valence-corrected chi connectivity index (χ0v) is 12.6. The van der Waals surface area contributed by atoms with E-state index in [-0.39, 0.29) is 18.0 Å². The molecule has 0 radical (unpaired) electrons. The molecule has 0 bridgehead atoms. The number of aliphatic hydroxyl groups is 1. The highest BCUT2D eigenvalue weighted by molar-refractivity contribution is 6.30. The Bertz CT molecular complexity index is 695. The number of alkyl halides is 2. The third-order valence-electron chi connectivity index (χ3n) is 2.97. The van der Waals surface area contributed by atoms with E-state index >= 15 is 0 Å². The summed E-state index contributed by atoms with van der Waals surface area (Å²) in [6.07, 6.45) is 0.387. The number of aliphatic imine (C=N–C) groups is 1. The molecule has 0 aliphatic heterocycles. The molecule has 0 aliphatic carbocycles. The van der Waals surface area contributed by atoms with Crippen molar-refractivity contribution in [3.05, 3.63) is 58.6 Å².